The molecule has 0 radical (unpaired) electrons. The lowest BCUT2D eigenvalue weighted by atomic mass is 10.1. The Bertz CT molecular complexity index is 1470. The van der Waals surface area contributed by atoms with Crippen LogP contribution in [0, 0.1) is 12.8 Å². The number of piperidine rings is 1. The molecule has 9 nitrogen and oxygen atoms in total. The molecule has 2 N–H and O–H groups in total. The first-order valence-corrected chi connectivity index (χ1v) is 13.7. The summed E-state index contributed by atoms with van der Waals surface area (Å²) in [5, 5.41) is 6.39. The number of benzene rings is 1. The van der Waals surface area contributed by atoms with Gasteiger partial charge in [-0.05, 0) is 82.7 Å². The second-order valence-corrected chi connectivity index (χ2v) is 11.7. The molecule has 1 saturated heterocycles. The van der Waals surface area contributed by atoms with Gasteiger partial charge >= 0.3 is 11.7 Å². The fraction of sp³-hybridized carbons (Fsp3) is 0.481. The van der Waals surface area contributed by atoms with Gasteiger partial charge in [0, 0.05) is 42.3 Å². The van der Waals surface area contributed by atoms with E-state index in [4.69, 9.17) is 0 Å². The van der Waals surface area contributed by atoms with Gasteiger partial charge in [0.1, 0.15) is 0 Å². The zero-order valence-electron chi connectivity index (χ0n) is 21.5. The fourth-order valence-corrected chi connectivity index (χ4v) is 5.74. The Morgan fingerprint density at radius 2 is 1.89 bits per heavy atom. The quantitative estimate of drug-likeness (QED) is 0.510. The summed E-state index contributed by atoms with van der Waals surface area (Å²) in [6, 6.07) is 8.36. The highest BCUT2D eigenvalue weighted by Gasteiger charge is 2.27. The SMILES string of the molecule is Cc1ccc(C(=O)NC2CCCN(C(=O)Nc3ccc4c(c3)c(=O)n(CC3CC3)c(=O)n4C(C)C)C2)s1. The molecule has 1 atom stereocenters. The van der Waals surface area contributed by atoms with E-state index in [2.05, 4.69) is 10.6 Å². The molecule has 196 valence electrons. The van der Waals surface area contributed by atoms with E-state index in [1.165, 1.54) is 15.9 Å². The van der Waals surface area contributed by atoms with Crippen molar-refractivity contribution in [1.29, 1.82) is 0 Å². The average Bonchev–Trinajstić information content (AvgIpc) is 3.58. The third kappa shape index (κ3) is 5.34. The molecule has 1 saturated carbocycles. The largest absolute Gasteiger partial charge is 0.347 e. The van der Waals surface area contributed by atoms with Crippen molar-refractivity contribution in [3.05, 3.63) is 60.9 Å². The minimum atomic E-state index is -0.315. The van der Waals surface area contributed by atoms with Crippen molar-refractivity contribution < 1.29 is 9.59 Å². The van der Waals surface area contributed by atoms with E-state index in [1.54, 1.807) is 27.7 Å². The Morgan fingerprint density at radius 3 is 2.57 bits per heavy atom. The topological polar surface area (TPSA) is 105 Å². The zero-order valence-corrected chi connectivity index (χ0v) is 22.3. The van der Waals surface area contributed by atoms with E-state index in [0.717, 1.165) is 30.6 Å². The molecule has 0 spiro atoms. The van der Waals surface area contributed by atoms with Crippen molar-refractivity contribution in [1.82, 2.24) is 19.4 Å². The van der Waals surface area contributed by atoms with Crippen LogP contribution >= 0.6 is 11.3 Å². The Kier molecular flexibility index (Phi) is 6.94. The summed E-state index contributed by atoms with van der Waals surface area (Å²) in [5.74, 6) is 0.265. The molecule has 3 amide bonds. The van der Waals surface area contributed by atoms with Gasteiger partial charge < -0.3 is 15.5 Å². The molecule has 1 aliphatic heterocycles. The maximum absolute atomic E-state index is 13.3. The van der Waals surface area contributed by atoms with Gasteiger partial charge in [-0.3, -0.25) is 18.7 Å². The molecule has 3 aromatic rings. The number of carbonyl (C=O) groups is 2. The maximum atomic E-state index is 13.3. The highest BCUT2D eigenvalue weighted by molar-refractivity contribution is 7.13. The number of nitrogens with one attached hydrogen (secondary N) is 2. The molecule has 1 aromatic carbocycles. The number of aromatic nitrogens is 2. The number of amides is 3. The monoisotopic (exact) mass is 523 g/mol. The molecular formula is C27H33N5O4S. The van der Waals surface area contributed by atoms with E-state index >= 15 is 0 Å². The van der Waals surface area contributed by atoms with E-state index in [-0.39, 0.29) is 35.3 Å². The Morgan fingerprint density at radius 1 is 1.11 bits per heavy atom. The van der Waals surface area contributed by atoms with Crippen LogP contribution in [0.25, 0.3) is 10.9 Å². The van der Waals surface area contributed by atoms with E-state index < -0.39 is 0 Å². The van der Waals surface area contributed by atoms with Crippen LogP contribution in [0.3, 0.4) is 0 Å². The first-order chi connectivity index (χ1) is 17.7. The molecule has 2 aromatic heterocycles. The van der Waals surface area contributed by atoms with Gasteiger partial charge in [0.15, 0.2) is 0 Å². The van der Waals surface area contributed by atoms with E-state index in [9.17, 15) is 19.2 Å². The number of hydrogen-bond donors (Lipinski definition) is 2. The van der Waals surface area contributed by atoms with Crippen LogP contribution in [0.4, 0.5) is 10.5 Å². The van der Waals surface area contributed by atoms with Gasteiger partial charge in [-0.2, -0.15) is 0 Å². The zero-order chi connectivity index (χ0) is 26.3. The van der Waals surface area contributed by atoms with E-state index in [1.807, 2.05) is 32.9 Å². The number of fused-ring (bicyclic) bond motifs is 1. The average molecular weight is 524 g/mol. The Labute approximate surface area is 219 Å². The van der Waals surface area contributed by atoms with Gasteiger partial charge in [-0.25, -0.2) is 9.59 Å². The van der Waals surface area contributed by atoms with Crippen molar-refractivity contribution >= 4 is 39.9 Å². The first-order valence-electron chi connectivity index (χ1n) is 12.9. The normalized spacial score (nSPS) is 17.8. The molecule has 3 heterocycles. The predicted molar refractivity (Wildman–Crippen MR) is 146 cm³/mol. The van der Waals surface area contributed by atoms with Crippen LogP contribution in [0.15, 0.2) is 39.9 Å². The lowest BCUT2D eigenvalue weighted by Crippen LogP contribution is -2.50. The molecule has 1 unspecified atom stereocenters. The van der Waals surface area contributed by atoms with Crippen LogP contribution in [-0.2, 0) is 6.54 Å². The second-order valence-electron chi connectivity index (χ2n) is 10.4. The third-order valence-electron chi connectivity index (χ3n) is 7.08. The number of hydrogen-bond acceptors (Lipinski definition) is 5. The van der Waals surface area contributed by atoms with E-state index in [0.29, 0.717) is 47.0 Å². The van der Waals surface area contributed by atoms with Gasteiger partial charge in [0.05, 0.1) is 15.8 Å². The van der Waals surface area contributed by atoms with Crippen LogP contribution in [0.5, 0.6) is 0 Å². The predicted octanol–water partition coefficient (Wildman–Crippen LogP) is 3.95. The van der Waals surface area contributed by atoms with Crippen molar-refractivity contribution in [2.75, 3.05) is 18.4 Å². The van der Waals surface area contributed by atoms with Crippen LogP contribution in [0.2, 0.25) is 0 Å². The molecular weight excluding hydrogens is 490 g/mol. The highest BCUT2D eigenvalue weighted by Crippen LogP contribution is 2.30. The van der Waals surface area contributed by atoms with Gasteiger partial charge in [0.25, 0.3) is 11.5 Å². The number of aryl methyl sites for hydroxylation is 1. The van der Waals surface area contributed by atoms with Crippen molar-refractivity contribution in [3.8, 4) is 0 Å². The molecule has 10 heteroatoms. The molecule has 37 heavy (non-hydrogen) atoms. The van der Waals surface area contributed by atoms with Crippen LogP contribution in [0.1, 0.15) is 60.1 Å². The van der Waals surface area contributed by atoms with Gasteiger partial charge in [0.2, 0.25) is 0 Å². The minimum absolute atomic E-state index is 0.111. The number of urea groups is 1. The first kappa shape index (κ1) is 25.3. The summed E-state index contributed by atoms with van der Waals surface area (Å²) < 4.78 is 3.00. The number of rotatable bonds is 6. The van der Waals surface area contributed by atoms with Gasteiger partial charge in [-0.15, -0.1) is 11.3 Å². The number of anilines is 1. The summed E-state index contributed by atoms with van der Waals surface area (Å²) in [6.45, 7) is 7.25. The van der Waals surface area contributed by atoms with Crippen LogP contribution in [-0.4, -0.2) is 45.1 Å². The fourth-order valence-electron chi connectivity index (χ4n) is 4.97. The summed E-state index contributed by atoms with van der Waals surface area (Å²) >= 11 is 1.45. The number of likely N-dealkylation sites (tertiary alicyclic amines) is 1. The number of carbonyl (C=O) groups excluding carboxylic acids is 2. The number of thiophene rings is 1. The molecule has 2 aliphatic rings. The summed E-state index contributed by atoms with van der Waals surface area (Å²) in [6.07, 6.45) is 3.66. The molecule has 2 fully saturated rings. The highest BCUT2D eigenvalue weighted by atomic mass is 32.1. The number of nitrogens with zero attached hydrogens (tertiary/aromatic N) is 3. The second kappa shape index (κ2) is 10.2. The Hall–Kier alpha value is -3.40. The molecule has 0 bridgehead atoms. The van der Waals surface area contributed by atoms with Crippen molar-refractivity contribution in [2.45, 2.75) is 65.1 Å². The van der Waals surface area contributed by atoms with Crippen molar-refractivity contribution in [3.63, 3.8) is 0 Å². The van der Waals surface area contributed by atoms with Crippen LogP contribution < -0.4 is 21.9 Å². The Balaban J connectivity index is 1.34. The lowest BCUT2D eigenvalue weighted by molar-refractivity contribution is 0.0917. The third-order valence-corrected chi connectivity index (χ3v) is 8.08. The summed E-state index contributed by atoms with van der Waals surface area (Å²) in [4.78, 5) is 55.5. The minimum Gasteiger partial charge on any atom is -0.347 e. The maximum Gasteiger partial charge on any atom is 0.331 e. The van der Waals surface area contributed by atoms with Crippen molar-refractivity contribution in [2.24, 2.45) is 5.92 Å². The smallest absolute Gasteiger partial charge is 0.331 e. The molecule has 1 aliphatic carbocycles. The standard InChI is InChI=1S/C27H33N5O4S/c1-16(2)32-22-10-9-19(13-21(22)25(34)31(27(32)36)14-18-7-8-18)29-26(35)30-12-4-5-20(15-30)28-24(33)23-11-6-17(3)37-23/h6,9-11,13,16,18,20H,4-5,7-8,12,14-15H2,1-3H3,(H,28,33)(H,29,35). The van der Waals surface area contributed by atoms with Gasteiger partial charge in [-0.1, -0.05) is 0 Å². The summed E-state index contributed by atoms with van der Waals surface area (Å²) in [7, 11) is 0. The molecule has 5 rings (SSSR count). The lowest BCUT2D eigenvalue weighted by Gasteiger charge is -2.33. The summed E-state index contributed by atoms with van der Waals surface area (Å²) in [5.41, 5.74) is 0.473.